The summed E-state index contributed by atoms with van der Waals surface area (Å²) in [6.07, 6.45) is 4.44. The number of benzene rings is 2. The van der Waals surface area contributed by atoms with Crippen LogP contribution in [0.1, 0.15) is 55.3 Å². The predicted octanol–water partition coefficient (Wildman–Crippen LogP) is 5.25. The second-order valence-corrected chi connectivity index (χ2v) is 6.79. The first-order chi connectivity index (χ1) is 11.7. The molecule has 1 atom stereocenters. The number of ketones is 1. The van der Waals surface area contributed by atoms with Crippen molar-refractivity contribution < 1.29 is 4.79 Å². The fourth-order valence-corrected chi connectivity index (χ4v) is 3.74. The van der Waals surface area contributed by atoms with Crippen LogP contribution in [0.4, 0.5) is 5.69 Å². The van der Waals surface area contributed by atoms with E-state index in [0.717, 1.165) is 25.8 Å². The molecule has 0 aromatic heterocycles. The summed E-state index contributed by atoms with van der Waals surface area (Å²) < 4.78 is 0. The monoisotopic (exact) mass is 321 g/mol. The number of unbranched alkanes of at least 4 members (excludes halogenated alkanes) is 1. The standard InChI is InChI=1S/C22H27NO/c1-3-4-11-19(24)16-22-20-12-7-6-10-18(20)14-15-23(22)21-13-8-5-9-17(21)2/h5-10,12-13,22H,3-4,11,14-16H2,1-2H3. The maximum absolute atomic E-state index is 12.5. The maximum Gasteiger partial charge on any atom is 0.135 e. The molecule has 3 rings (SSSR count). The number of rotatable bonds is 6. The van der Waals surface area contributed by atoms with Gasteiger partial charge in [-0.3, -0.25) is 4.79 Å². The zero-order valence-electron chi connectivity index (χ0n) is 14.8. The van der Waals surface area contributed by atoms with Crippen LogP contribution in [0.15, 0.2) is 48.5 Å². The van der Waals surface area contributed by atoms with E-state index in [9.17, 15) is 4.79 Å². The van der Waals surface area contributed by atoms with Crippen molar-refractivity contribution in [2.45, 2.75) is 52.0 Å². The highest BCUT2D eigenvalue weighted by molar-refractivity contribution is 5.80. The first kappa shape index (κ1) is 16.8. The molecule has 0 amide bonds. The molecule has 1 heterocycles. The zero-order valence-corrected chi connectivity index (χ0v) is 14.8. The van der Waals surface area contributed by atoms with Crippen molar-refractivity contribution in [3.05, 3.63) is 65.2 Å². The van der Waals surface area contributed by atoms with E-state index in [1.807, 2.05) is 0 Å². The summed E-state index contributed by atoms with van der Waals surface area (Å²) in [5.41, 5.74) is 5.27. The van der Waals surface area contributed by atoms with Crippen LogP contribution in [0.2, 0.25) is 0 Å². The molecule has 0 bridgehead atoms. The van der Waals surface area contributed by atoms with E-state index >= 15 is 0 Å². The largest absolute Gasteiger partial charge is 0.363 e. The molecular weight excluding hydrogens is 294 g/mol. The third kappa shape index (κ3) is 3.53. The molecule has 0 N–H and O–H groups in total. The number of anilines is 1. The van der Waals surface area contributed by atoms with Crippen molar-refractivity contribution in [3.8, 4) is 0 Å². The van der Waals surface area contributed by atoms with Crippen molar-refractivity contribution in [2.24, 2.45) is 0 Å². The van der Waals surface area contributed by atoms with Crippen molar-refractivity contribution in [1.29, 1.82) is 0 Å². The molecular formula is C22H27NO. The van der Waals surface area contributed by atoms with Crippen molar-refractivity contribution >= 4 is 11.5 Å². The van der Waals surface area contributed by atoms with Crippen LogP contribution < -0.4 is 4.90 Å². The van der Waals surface area contributed by atoms with Gasteiger partial charge in [-0.25, -0.2) is 0 Å². The number of para-hydroxylation sites is 1. The summed E-state index contributed by atoms with van der Waals surface area (Å²) >= 11 is 0. The van der Waals surface area contributed by atoms with E-state index in [2.05, 4.69) is 67.3 Å². The highest BCUT2D eigenvalue weighted by Gasteiger charge is 2.29. The Bertz CT molecular complexity index is 707. The smallest absolute Gasteiger partial charge is 0.135 e. The van der Waals surface area contributed by atoms with Gasteiger partial charge < -0.3 is 4.90 Å². The SMILES string of the molecule is CCCCC(=O)CC1c2ccccc2CCN1c1ccccc1C. The predicted molar refractivity (Wildman–Crippen MR) is 101 cm³/mol. The molecule has 1 aliphatic heterocycles. The minimum Gasteiger partial charge on any atom is -0.363 e. The molecule has 24 heavy (non-hydrogen) atoms. The Balaban J connectivity index is 1.93. The second kappa shape index (κ2) is 7.65. The fraction of sp³-hybridized carbons (Fsp3) is 0.409. The van der Waals surface area contributed by atoms with Gasteiger partial charge in [-0.2, -0.15) is 0 Å². The summed E-state index contributed by atoms with van der Waals surface area (Å²) in [5, 5.41) is 0. The average molecular weight is 321 g/mol. The first-order valence-electron chi connectivity index (χ1n) is 9.12. The van der Waals surface area contributed by atoms with Crippen LogP contribution in [0, 0.1) is 6.92 Å². The van der Waals surface area contributed by atoms with Gasteiger partial charge in [0.25, 0.3) is 0 Å². The van der Waals surface area contributed by atoms with Gasteiger partial charge in [0, 0.05) is 25.1 Å². The van der Waals surface area contributed by atoms with Crippen LogP contribution in [-0.2, 0) is 11.2 Å². The lowest BCUT2D eigenvalue weighted by Gasteiger charge is -2.39. The number of carbonyl (C=O) groups is 1. The molecule has 0 saturated carbocycles. The molecule has 1 unspecified atom stereocenters. The number of carbonyl (C=O) groups excluding carboxylic acids is 1. The summed E-state index contributed by atoms with van der Waals surface area (Å²) in [5.74, 6) is 0.386. The van der Waals surface area contributed by atoms with Crippen LogP contribution >= 0.6 is 0 Å². The molecule has 0 fully saturated rings. The lowest BCUT2D eigenvalue weighted by Crippen LogP contribution is -2.37. The van der Waals surface area contributed by atoms with Gasteiger partial charge in [0.2, 0.25) is 0 Å². The quantitative estimate of drug-likeness (QED) is 0.724. The normalized spacial score (nSPS) is 16.8. The van der Waals surface area contributed by atoms with Gasteiger partial charge >= 0.3 is 0 Å². The van der Waals surface area contributed by atoms with E-state index in [4.69, 9.17) is 0 Å². The number of hydrogen-bond acceptors (Lipinski definition) is 2. The lowest BCUT2D eigenvalue weighted by molar-refractivity contribution is -0.119. The molecule has 0 radical (unpaired) electrons. The van der Waals surface area contributed by atoms with Crippen molar-refractivity contribution in [1.82, 2.24) is 0 Å². The third-order valence-electron chi connectivity index (χ3n) is 5.07. The molecule has 0 aliphatic carbocycles. The van der Waals surface area contributed by atoms with Crippen LogP contribution in [0.25, 0.3) is 0 Å². The van der Waals surface area contributed by atoms with E-state index in [1.54, 1.807) is 0 Å². The fourth-order valence-electron chi connectivity index (χ4n) is 3.74. The number of hydrogen-bond donors (Lipinski definition) is 0. The van der Waals surface area contributed by atoms with E-state index in [-0.39, 0.29) is 6.04 Å². The molecule has 2 heteroatoms. The molecule has 0 saturated heterocycles. The van der Waals surface area contributed by atoms with Crippen LogP contribution in [0.3, 0.4) is 0 Å². The molecule has 1 aliphatic rings. The van der Waals surface area contributed by atoms with E-state index in [0.29, 0.717) is 18.6 Å². The molecule has 0 spiro atoms. The Morgan fingerprint density at radius 3 is 2.67 bits per heavy atom. The molecule has 2 nitrogen and oxygen atoms in total. The molecule has 2 aromatic rings. The van der Waals surface area contributed by atoms with Crippen LogP contribution in [-0.4, -0.2) is 12.3 Å². The topological polar surface area (TPSA) is 20.3 Å². The Labute approximate surface area is 145 Å². The lowest BCUT2D eigenvalue weighted by atomic mass is 9.88. The minimum atomic E-state index is 0.167. The summed E-state index contributed by atoms with van der Waals surface area (Å²) in [6.45, 7) is 5.28. The van der Waals surface area contributed by atoms with Crippen LogP contribution in [0.5, 0.6) is 0 Å². The van der Waals surface area contributed by atoms with Gasteiger partial charge in [-0.05, 0) is 42.5 Å². The highest BCUT2D eigenvalue weighted by atomic mass is 16.1. The summed E-state index contributed by atoms with van der Waals surface area (Å²) in [7, 11) is 0. The second-order valence-electron chi connectivity index (χ2n) is 6.79. The van der Waals surface area contributed by atoms with E-state index < -0.39 is 0 Å². The first-order valence-corrected chi connectivity index (χ1v) is 9.12. The molecule has 126 valence electrons. The van der Waals surface area contributed by atoms with Gasteiger partial charge in [0.15, 0.2) is 0 Å². The number of fused-ring (bicyclic) bond motifs is 1. The third-order valence-corrected chi connectivity index (χ3v) is 5.07. The number of nitrogens with zero attached hydrogens (tertiary/aromatic N) is 1. The Hall–Kier alpha value is -2.09. The minimum absolute atomic E-state index is 0.167. The Morgan fingerprint density at radius 2 is 1.88 bits per heavy atom. The highest BCUT2D eigenvalue weighted by Crippen LogP contribution is 2.37. The van der Waals surface area contributed by atoms with Gasteiger partial charge in [-0.15, -0.1) is 0 Å². The van der Waals surface area contributed by atoms with Gasteiger partial charge in [0.1, 0.15) is 5.78 Å². The van der Waals surface area contributed by atoms with E-state index in [1.165, 1.54) is 22.4 Å². The Kier molecular flexibility index (Phi) is 5.34. The van der Waals surface area contributed by atoms with Gasteiger partial charge in [0.05, 0.1) is 6.04 Å². The number of aryl methyl sites for hydroxylation is 1. The van der Waals surface area contributed by atoms with Gasteiger partial charge in [-0.1, -0.05) is 55.8 Å². The maximum atomic E-state index is 12.5. The Morgan fingerprint density at radius 1 is 1.12 bits per heavy atom. The zero-order chi connectivity index (χ0) is 16.9. The summed E-state index contributed by atoms with van der Waals surface area (Å²) in [6, 6.07) is 17.3. The van der Waals surface area contributed by atoms with Crippen molar-refractivity contribution in [2.75, 3.05) is 11.4 Å². The summed E-state index contributed by atoms with van der Waals surface area (Å²) in [4.78, 5) is 15.0. The van der Waals surface area contributed by atoms with Crippen molar-refractivity contribution in [3.63, 3.8) is 0 Å². The molecule has 2 aromatic carbocycles. The average Bonchev–Trinajstić information content (AvgIpc) is 2.61. The number of Topliss-reactive ketones (excluding diaryl/α,β-unsaturated/α-hetero) is 1.